The van der Waals surface area contributed by atoms with Crippen LogP contribution in [0.4, 0.5) is 0 Å². The Morgan fingerprint density at radius 2 is 2.50 bits per heavy atom. The van der Waals surface area contributed by atoms with E-state index in [0.29, 0.717) is 18.1 Å². The van der Waals surface area contributed by atoms with Crippen LogP contribution in [-0.2, 0) is 4.74 Å². The molecule has 1 aliphatic rings. The zero-order chi connectivity index (χ0) is 12.8. The van der Waals surface area contributed by atoms with Gasteiger partial charge in [-0.25, -0.2) is 0 Å². The van der Waals surface area contributed by atoms with E-state index in [1.165, 1.54) is 6.42 Å². The first-order chi connectivity index (χ1) is 8.79. The molecule has 0 aliphatic carbocycles. The van der Waals surface area contributed by atoms with Gasteiger partial charge >= 0.3 is 0 Å². The number of aromatic nitrogens is 1. The van der Waals surface area contributed by atoms with Crippen LogP contribution in [0.5, 0.6) is 5.75 Å². The minimum Gasteiger partial charge on any atom is -0.491 e. The lowest BCUT2D eigenvalue weighted by molar-refractivity contribution is -0.0110. The number of hydrogen-bond donors (Lipinski definition) is 2. The molecule has 6 heteroatoms. The van der Waals surface area contributed by atoms with Crippen molar-refractivity contribution in [2.45, 2.75) is 25.4 Å². The molecule has 2 rings (SSSR count). The molecule has 0 saturated carbocycles. The second-order valence-electron chi connectivity index (χ2n) is 4.16. The van der Waals surface area contributed by atoms with Crippen molar-refractivity contribution in [2.75, 3.05) is 13.2 Å². The highest BCUT2D eigenvalue weighted by atomic mass is 16.5. The van der Waals surface area contributed by atoms with E-state index >= 15 is 0 Å². The Kier molecular flexibility index (Phi) is 4.35. The van der Waals surface area contributed by atoms with Gasteiger partial charge in [0, 0.05) is 18.9 Å². The number of nitrogens with zero attached hydrogens (tertiary/aromatic N) is 2. The third-order valence-corrected chi connectivity index (χ3v) is 2.81. The van der Waals surface area contributed by atoms with Gasteiger partial charge in [-0.05, 0) is 25.3 Å². The van der Waals surface area contributed by atoms with Crippen LogP contribution in [-0.4, -0.2) is 35.3 Å². The zero-order valence-electron chi connectivity index (χ0n) is 10.1. The molecule has 1 atom stereocenters. The van der Waals surface area contributed by atoms with Crippen LogP contribution >= 0.6 is 0 Å². The van der Waals surface area contributed by atoms with Gasteiger partial charge in [0.05, 0.1) is 6.10 Å². The Labute approximate surface area is 105 Å². The first-order valence-electron chi connectivity index (χ1n) is 5.98. The predicted octanol–water partition coefficient (Wildman–Crippen LogP) is 1.12. The van der Waals surface area contributed by atoms with Crippen molar-refractivity contribution < 1.29 is 14.7 Å². The summed E-state index contributed by atoms with van der Waals surface area (Å²) in [5, 5.41) is 11.5. The van der Waals surface area contributed by atoms with Crippen molar-refractivity contribution in [1.29, 1.82) is 0 Å². The van der Waals surface area contributed by atoms with Gasteiger partial charge in [-0.15, -0.1) is 0 Å². The predicted molar refractivity (Wildman–Crippen MR) is 65.8 cm³/mol. The molecule has 1 saturated heterocycles. The fourth-order valence-electron chi connectivity index (χ4n) is 1.82. The number of nitrogens with two attached hydrogens (primary N) is 1. The fraction of sp³-hybridized carbons (Fsp3) is 0.500. The van der Waals surface area contributed by atoms with E-state index < -0.39 is 0 Å². The summed E-state index contributed by atoms with van der Waals surface area (Å²) in [5.74, 6) is 0.607. The molecule has 0 aromatic carbocycles. The largest absolute Gasteiger partial charge is 0.491 e. The number of hydrogen-bond acceptors (Lipinski definition) is 5. The van der Waals surface area contributed by atoms with Crippen LogP contribution in [0.2, 0.25) is 0 Å². The molecule has 6 nitrogen and oxygen atoms in total. The maximum atomic E-state index is 8.58. The monoisotopic (exact) mass is 251 g/mol. The van der Waals surface area contributed by atoms with Gasteiger partial charge < -0.3 is 20.4 Å². The number of rotatable bonds is 4. The van der Waals surface area contributed by atoms with Gasteiger partial charge in [0.15, 0.2) is 5.84 Å². The molecule has 0 amide bonds. The van der Waals surface area contributed by atoms with Gasteiger partial charge in [-0.2, -0.15) is 0 Å². The van der Waals surface area contributed by atoms with E-state index in [2.05, 4.69) is 10.1 Å². The Balaban J connectivity index is 1.92. The standard InChI is InChI=1S/C12H17N3O3/c13-12(15-16)11-7-9(4-5-14-11)18-8-10-3-1-2-6-17-10/h4-5,7,10,16H,1-3,6,8H2,(H2,13,15). The molecule has 0 radical (unpaired) electrons. The summed E-state index contributed by atoms with van der Waals surface area (Å²) in [6.45, 7) is 1.32. The Hall–Kier alpha value is -1.82. The van der Waals surface area contributed by atoms with E-state index in [1.54, 1.807) is 18.3 Å². The number of ether oxygens (including phenoxy) is 2. The van der Waals surface area contributed by atoms with Crippen molar-refractivity contribution in [2.24, 2.45) is 10.9 Å². The van der Waals surface area contributed by atoms with Crippen molar-refractivity contribution in [3.8, 4) is 5.75 Å². The summed E-state index contributed by atoms with van der Waals surface area (Å²) in [5.41, 5.74) is 5.85. The van der Waals surface area contributed by atoms with Gasteiger partial charge in [-0.3, -0.25) is 4.98 Å². The zero-order valence-corrected chi connectivity index (χ0v) is 10.1. The first kappa shape index (κ1) is 12.6. The average Bonchev–Trinajstić information content (AvgIpc) is 2.45. The lowest BCUT2D eigenvalue weighted by Gasteiger charge is -2.22. The van der Waals surface area contributed by atoms with Crippen LogP contribution in [0, 0.1) is 0 Å². The van der Waals surface area contributed by atoms with Crippen LogP contribution < -0.4 is 10.5 Å². The highest BCUT2D eigenvalue weighted by molar-refractivity contribution is 5.95. The molecular weight excluding hydrogens is 234 g/mol. The maximum absolute atomic E-state index is 8.58. The Morgan fingerprint density at radius 3 is 3.22 bits per heavy atom. The van der Waals surface area contributed by atoms with E-state index in [0.717, 1.165) is 19.4 Å². The van der Waals surface area contributed by atoms with Crippen LogP contribution in [0.1, 0.15) is 25.0 Å². The van der Waals surface area contributed by atoms with E-state index in [-0.39, 0.29) is 11.9 Å². The molecule has 1 aromatic rings. The number of oxime groups is 1. The summed E-state index contributed by atoms with van der Waals surface area (Å²) in [6.07, 6.45) is 5.04. The minimum atomic E-state index is -0.0330. The molecule has 98 valence electrons. The van der Waals surface area contributed by atoms with Crippen LogP contribution in [0.25, 0.3) is 0 Å². The highest BCUT2D eigenvalue weighted by Crippen LogP contribution is 2.16. The molecule has 1 unspecified atom stereocenters. The van der Waals surface area contributed by atoms with E-state index in [4.69, 9.17) is 20.4 Å². The average molecular weight is 251 g/mol. The third kappa shape index (κ3) is 3.33. The van der Waals surface area contributed by atoms with Crippen LogP contribution in [0.15, 0.2) is 23.5 Å². The molecule has 1 fully saturated rings. The lowest BCUT2D eigenvalue weighted by atomic mass is 10.1. The van der Waals surface area contributed by atoms with E-state index in [1.807, 2.05) is 0 Å². The molecule has 1 aromatic heterocycles. The number of amidine groups is 1. The van der Waals surface area contributed by atoms with Crippen molar-refractivity contribution in [3.05, 3.63) is 24.0 Å². The molecule has 1 aliphatic heterocycles. The molecule has 0 spiro atoms. The second-order valence-corrected chi connectivity index (χ2v) is 4.16. The van der Waals surface area contributed by atoms with E-state index in [9.17, 15) is 0 Å². The normalized spacial score (nSPS) is 20.7. The lowest BCUT2D eigenvalue weighted by Crippen LogP contribution is -2.25. The second kappa shape index (κ2) is 6.20. The topological polar surface area (TPSA) is 90.0 Å². The third-order valence-electron chi connectivity index (χ3n) is 2.81. The van der Waals surface area contributed by atoms with Gasteiger partial charge in [0.25, 0.3) is 0 Å². The summed E-state index contributed by atoms with van der Waals surface area (Å²) < 4.78 is 11.2. The van der Waals surface area contributed by atoms with Crippen molar-refractivity contribution in [3.63, 3.8) is 0 Å². The van der Waals surface area contributed by atoms with Gasteiger partial charge in [-0.1, -0.05) is 5.16 Å². The Morgan fingerprint density at radius 1 is 1.61 bits per heavy atom. The fourth-order valence-corrected chi connectivity index (χ4v) is 1.82. The molecule has 3 N–H and O–H groups in total. The maximum Gasteiger partial charge on any atom is 0.188 e. The Bertz CT molecular complexity index is 417. The summed E-state index contributed by atoms with van der Waals surface area (Å²) >= 11 is 0. The molecule has 0 bridgehead atoms. The quantitative estimate of drug-likeness (QED) is 0.362. The van der Waals surface area contributed by atoms with Crippen molar-refractivity contribution >= 4 is 5.84 Å². The molecular formula is C12H17N3O3. The van der Waals surface area contributed by atoms with Crippen LogP contribution in [0.3, 0.4) is 0 Å². The van der Waals surface area contributed by atoms with Gasteiger partial charge in [0.2, 0.25) is 0 Å². The highest BCUT2D eigenvalue weighted by Gasteiger charge is 2.14. The molecule has 18 heavy (non-hydrogen) atoms. The number of pyridine rings is 1. The summed E-state index contributed by atoms with van der Waals surface area (Å²) in [7, 11) is 0. The minimum absolute atomic E-state index is 0.0330. The summed E-state index contributed by atoms with van der Waals surface area (Å²) in [6, 6.07) is 3.37. The first-order valence-corrected chi connectivity index (χ1v) is 5.98. The van der Waals surface area contributed by atoms with Crippen molar-refractivity contribution in [1.82, 2.24) is 4.98 Å². The van der Waals surface area contributed by atoms with Gasteiger partial charge in [0.1, 0.15) is 18.1 Å². The molecule has 2 heterocycles. The smallest absolute Gasteiger partial charge is 0.188 e. The SMILES string of the molecule is N/C(=N/O)c1cc(OCC2CCCCO2)ccn1. The summed E-state index contributed by atoms with van der Waals surface area (Å²) in [4.78, 5) is 3.98.